The lowest BCUT2D eigenvalue weighted by molar-refractivity contribution is 0.0955. The Morgan fingerprint density at radius 3 is 2.68 bits per heavy atom. The number of nitrogens with one attached hydrogen (secondary N) is 1. The van der Waals surface area contributed by atoms with Crippen LogP contribution in [0.2, 0.25) is 0 Å². The van der Waals surface area contributed by atoms with Gasteiger partial charge in [-0.3, -0.25) is 14.0 Å². The number of anilines is 1. The Balaban J connectivity index is 1.66. The highest BCUT2D eigenvalue weighted by atomic mass is 79.9. The number of hydrogen-bond acceptors (Lipinski definition) is 5. The number of fused-ring (bicyclic) bond motifs is 1. The lowest BCUT2D eigenvalue weighted by Crippen LogP contribution is -2.21. The average Bonchev–Trinajstić information content (AvgIpc) is 3.34. The van der Waals surface area contributed by atoms with Gasteiger partial charge in [-0.15, -0.1) is 11.3 Å². The van der Waals surface area contributed by atoms with Crippen molar-refractivity contribution in [2.45, 2.75) is 6.54 Å². The van der Waals surface area contributed by atoms with Crippen molar-refractivity contribution in [1.82, 2.24) is 24.6 Å². The molecule has 0 saturated heterocycles. The Labute approximate surface area is 174 Å². The number of amides is 1. The fraction of sp³-hybridized carbons (Fsp3) is 0.211. The molecule has 28 heavy (non-hydrogen) atoms. The number of halogens is 1. The lowest BCUT2D eigenvalue weighted by Gasteiger charge is -2.14. The molecule has 4 aromatic rings. The Morgan fingerprint density at radius 1 is 1.29 bits per heavy atom. The van der Waals surface area contributed by atoms with Crippen molar-refractivity contribution in [1.29, 1.82) is 0 Å². The molecular formula is C19H19BrN6OS. The molecule has 3 aromatic heterocycles. The Bertz CT molecular complexity index is 1140. The summed E-state index contributed by atoms with van der Waals surface area (Å²) in [7, 11) is 5.78. The van der Waals surface area contributed by atoms with Crippen molar-refractivity contribution >= 4 is 49.5 Å². The summed E-state index contributed by atoms with van der Waals surface area (Å²) in [6.45, 7) is 0.442. The van der Waals surface area contributed by atoms with Gasteiger partial charge in [0.1, 0.15) is 10.3 Å². The van der Waals surface area contributed by atoms with Gasteiger partial charge in [0.15, 0.2) is 0 Å². The third kappa shape index (κ3) is 3.55. The van der Waals surface area contributed by atoms with Gasteiger partial charge in [0.25, 0.3) is 5.91 Å². The van der Waals surface area contributed by atoms with E-state index >= 15 is 0 Å². The van der Waals surface area contributed by atoms with Crippen LogP contribution in [0.15, 0.2) is 47.2 Å². The zero-order valence-corrected chi connectivity index (χ0v) is 18.1. The minimum absolute atomic E-state index is 0.111. The van der Waals surface area contributed by atoms with Crippen molar-refractivity contribution in [3.05, 3.63) is 57.6 Å². The Kier molecular flexibility index (Phi) is 4.94. The molecule has 0 atom stereocenters. The normalized spacial score (nSPS) is 11.1. The zero-order valence-electron chi connectivity index (χ0n) is 15.7. The number of benzene rings is 1. The maximum atomic E-state index is 12.6. The van der Waals surface area contributed by atoms with Gasteiger partial charge in [0.05, 0.1) is 11.1 Å². The van der Waals surface area contributed by atoms with Gasteiger partial charge in [0, 0.05) is 49.6 Å². The highest BCUT2D eigenvalue weighted by molar-refractivity contribution is 9.10. The van der Waals surface area contributed by atoms with E-state index in [1.54, 1.807) is 10.9 Å². The predicted octanol–water partition coefficient (Wildman–Crippen LogP) is 3.58. The van der Waals surface area contributed by atoms with E-state index in [4.69, 9.17) is 4.98 Å². The molecule has 1 N–H and O–H groups in total. The molecule has 3 heterocycles. The summed E-state index contributed by atoms with van der Waals surface area (Å²) in [5.74, 6) is 0.714. The smallest absolute Gasteiger partial charge is 0.261 e. The third-order valence-electron chi connectivity index (χ3n) is 4.24. The van der Waals surface area contributed by atoms with Crippen LogP contribution in [0.5, 0.6) is 0 Å². The summed E-state index contributed by atoms with van der Waals surface area (Å²) in [4.78, 5) is 20.9. The summed E-state index contributed by atoms with van der Waals surface area (Å²) in [6, 6.07) is 9.90. The second kappa shape index (κ2) is 7.40. The van der Waals surface area contributed by atoms with E-state index in [-0.39, 0.29) is 5.91 Å². The molecule has 0 spiro atoms. The molecule has 1 amide bonds. The summed E-state index contributed by atoms with van der Waals surface area (Å²) < 4.78 is 4.81. The van der Waals surface area contributed by atoms with E-state index in [0.29, 0.717) is 11.4 Å². The SMILES string of the molecule is CN(C)c1nc2cc(C(=O)NCc3cnn(C)c3)sc2n1-c1ccc(Br)cc1. The summed E-state index contributed by atoms with van der Waals surface area (Å²) >= 11 is 4.91. The van der Waals surface area contributed by atoms with Gasteiger partial charge in [0.2, 0.25) is 5.95 Å². The van der Waals surface area contributed by atoms with Crippen molar-refractivity contribution in [2.75, 3.05) is 19.0 Å². The van der Waals surface area contributed by atoms with Crippen LogP contribution in [-0.4, -0.2) is 39.3 Å². The standard InChI is InChI=1S/C19H19BrN6OS/c1-24(2)19-23-15-8-16(17(27)21-9-12-10-22-25(3)11-12)28-18(15)26(19)14-6-4-13(20)5-7-14/h4-8,10-11H,9H2,1-3H3,(H,21,27). The zero-order chi connectivity index (χ0) is 19.8. The van der Waals surface area contributed by atoms with E-state index in [0.717, 1.165) is 32.0 Å². The van der Waals surface area contributed by atoms with Crippen molar-refractivity contribution in [3.63, 3.8) is 0 Å². The lowest BCUT2D eigenvalue weighted by atomic mass is 10.3. The molecule has 7 nitrogen and oxygen atoms in total. The number of nitrogens with zero attached hydrogens (tertiary/aromatic N) is 5. The second-order valence-electron chi connectivity index (χ2n) is 6.62. The fourth-order valence-corrected chi connectivity index (χ4v) is 4.22. The van der Waals surface area contributed by atoms with Crippen LogP contribution >= 0.6 is 27.3 Å². The number of hydrogen-bond donors (Lipinski definition) is 1. The molecule has 0 saturated carbocycles. The first kappa shape index (κ1) is 18.7. The molecule has 144 valence electrons. The first-order valence-electron chi connectivity index (χ1n) is 8.63. The quantitative estimate of drug-likeness (QED) is 0.496. The van der Waals surface area contributed by atoms with Crippen LogP contribution in [-0.2, 0) is 13.6 Å². The first-order valence-corrected chi connectivity index (χ1v) is 10.2. The van der Waals surface area contributed by atoms with Crippen LogP contribution in [0.4, 0.5) is 5.95 Å². The van der Waals surface area contributed by atoms with E-state index in [1.165, 1.54) is 11.3 Å². The topological polar surface area (TPSA) is 68.0 Å². The van der Waals surface area contributed by atoms with E-state index in [1.807, 2.05) is 62.6 Å². The maximum Gasteiger partial charge on any atom is 0.261 e. The second-order valence-corrected chi connectivity index (χ2v) is 8.57. The van der Waals surface area contributed by atoms with Gasteiger partial charge in [-0.2, -0.15) is 5.10 Å². The minimum atomic E-state index is -0.111. The van der Waals surface area contributed by atoms with Gasteiger partial charge in [-0.1, -0.05) is 15.9 Å². The molecular weight excluding hydrogens is 440 g/mol. The molecule has 9 heteroatoms. The first-order chi connectivity index (χ1) is 13.4. The highest BCUT2D eigenvalue weighted by Gasteiger charge is 2.19. The van der Waals surface area contributed by atoms with Gasteiger partial charge >= 0.3 is 0 Å². The number of aromatic nitrogens is 4. The van der Waals surface area contributed by atoms with E-state index in [9.17, 15) is 4.79 Å². The van der Waals surface area contributed by atoms with Crippen LogP contribution in [0.3, 0.4) is 0 Å². The molecule has 0 aliphatic rings. The molecule has 1 aromatic carbocycles. The number of thiophene rings is 1. The van der Waals surface area contributed by atoms with Crippen molar-refractivity contribution in [2.24, 2.45) is 7.05 Å². The van der Waals surface area contributed by atoms with E-state index in [2.05, 4.69) is 30.9 Å². The predicted molar refractivity (Wildman–Crippen MR) is 115 cm³/mol. The average molecular weight is 459 g/mol. The molecule has 0 fully saturated rings. The Hall–Kier alpha value is -2.65. The molecule has 0 aliphatic heterocycles. The maximum absolute atomic E-state index is 12.6. The van der Waals surface area contributed by atoms with Crippen molar-refractivity contribution in [3.8, 4) is 5.69 Å². The van der Waals surface area contributed by atoms with Crippen LogP contribution in [0, 0.1) is 0 Å². The van der Waals surface area contributed by atoms with Crippen LogP contribution < -0.4 is 10.2 Å². The highest BCUT2D eigenvalue weighted by Crippen LogP contribution is 2.33. The van der Waals surface area contributed by atoms with Gasteiger partial charge in [-0.05, 0) is 30.3 Å². The molecule has 0 bridgehead atoms. The molecule has 0 radical (unpaired) electrons. The number of aryl methyl sites for hydroxylation is 1. The number of imidazole rings is 1. The fourth-order valence-electron chi connectivity index (χ4n) is 2.93. The minimum Gasteiger partial charge on any atom is -0.348 e. The number of carbonyl (C=O) groups excluding carboxylic acids is 1. The summed E-state index contributed by atoms with van der Waals surface area (Å²) in [5, 5.41) is 7.07. The summed E-state index contributed by atoms with van der Waals surface area (Å²) in [6.07, 6.45) is 3.63. The third-order valence-corrected chi connectivity index (χ3v) is 5.87. The largest absolute Gasteiger partial charge is 0.348 e. The van der Waals surface area contributed by atoms with Crippen molar-refractivity contribution < 1.29 is 4.79 Å². The molecule has 0 unspecified atom stereocenters. The monoisotopic (exact) mass is 458 g/mol. The summed E-state index contributed by atoms with van der Waals surface area (Å²) in [5.41, 5.74) is 2.77. The van der Waals surface area contributed by atoms with Crippen LogP contribution in [0.25, 0.3) is 16.0 Å². The Morgan fingerprint density at radius 2 is 2.04 bits per heavy atom. The molecule has 4 rings (SSSR count). The number of rotatable bonds is 5. The molecule has 0 aliphatic carbocycles. The van der Waals surface area contributed by atoms with Crippen LogP contribution in [0.1, 0.15) is 15.2 Å². The van der Waals surface area contributed by atoms with Gasteiger partial charge < -0.3 is 10.2 Å². The van der Waals surface area contributed by atoms with E-state index < -0.39 is 0 Å². The van der Waals surface area contributed by atoms with Gasteiger partial charge in [-0.25, -0.2) is 4.98 Å². The number of carbonyl (C=O) groups is 1.